The Labute approximate surface area is 160 Å². The molecular weight excluding hydrogens is 358 g/mol. The number of hydrogen-bond acceptors (Lipinski definition) is 5. The molecule has 8 nitrogen and oxygen atoms in total. The molecule has 0 aliphatic carbocycles. The number of carbonyl (C=O) groups is 1. The molecule has 1 N–H and O–H groups in total. The molecule has 3 heterocycles. The van der Waals surface area contributed by atoms with Gasteiger partial charge >= 0.3 is 0 Å². The number of hydrogen-bond donors (Lipinski definition) is 1. The molecule has 3 aromatic heterocycles. The van der Waals surface area contributed by atoms with Crippen LogP contribution < -0.4 is 10.7 Å². The maximum absolute atomic E-state index is 12.3. The highest BCUT2D eigenvalue weighted by molar-refractivity contribution is 5.89. The molecular formula is C20H19N5O3. The van der Waals surface area contributed by atoms with Crippen molar-refractivity contribution in [2.24, 2.45) is 0 Å². The van der Waals surface area contributed by atoms with Crippen LogP contribution in [-0.2, 0) is 11.3 Å². The lowest BCUT2D eigenvalue weighted by molar-refractivity contribution is -0.116. The molecule has 8 heteroatoms. The fourth-order valence-corrected chi connectivity index (χ4v) is 3.02. The van der Waals surface area contributed by atoms with Crippen molar-refractivity contribution in [2.75, 3.05) is 5.32 Å². The van der Waals surface area contributed by atoms with E-state index in [4.69, 9.17) is 4.42 Å². The van der Waals surface area contributed by atoms with E-state index in [-0.39, 0.29) is 23.9 Å². The Morgan fingerprint density at radius 3 is 2.86 bits per heavy atom. The third-order valence-corrected chi connectivity index (χ3v) is 4.36. The first-order valence-electron chi connectivity index (χ1n) is 8.89. The summed E-state index contributed by atoms with van der Waals surface area (Å²) in [5.41, 5.74) is 2.11. The van der Waals surface area contributed by atoms with Crippen molar-refractivity contribution < 1.29 is 9.21 Å². The molecule has 4 aromatic rings. The van der Waals surface area contributed by atoms with E-state index in [9.17, 15) is 9.59 Å². The van der Waals surface area contributed by atoms with Gasteiger partial charge in [-0.1, -0.05) is 6.07 Å². The Hall–Kier alpha value is -3.68. The highest BCUT2D eigenvalue weighted by atomic mass is 16.3. The van der Waals surface area contributed by atoms with Gasteiger partial charge in [0.2, 0.25) is 5.91 Å². The van der Waals surface area contributed by atoms with Crippen LogP contribution in [0.5, 0.6) is 0 Å². The van der Waals surface area contributed by atoms with Gasteiger partial charge in [0.1, 0.15) is 17.9 Å². The molecule has 0 fully saturated rings. The minimum absolute atomic E-state index is 0.0753. The van der Waals surface area contributed by atoms with Crippen molar-refractivity contribution in [2.45, 2.75) is 26.4 Å². The molecule has 0 radical (unpaired) electrons. The van der Waals surface area contributed by atoms with Crippen LogP contribution in [0.1, 0.15) is 19.9 Å². The number of nitrogens with one attached hydrogen (secondary N) is 1. The second-order valence-electron chi connectivity index (χ2n) is 6.73. The molecule has 0 aliphatic heterocycles. The number of fused-ring (bicyclic) bond motifs is 1. The third-order valence-electron chi connectivity index (χ3n) is 4.36. The summed E-state index contributed by atoms with van der Waals surface area (Å²) < 4.78 is 8.72. The van der Waals surface area contributed by atoms with Gasteiger partial charge in [-0.2, -0.15) is 10.2 Å². The van der Waals surface area contributed by atoms with Gasteiger partial charge in [-0.05, 0) is 31.5 Å². The van der Waals surface area contributed by atoms with Crippen molar-refractivity contribution in [1.29, 1.82) is 0 Å². The van der Waals surface area contributed by atoms with Gasteiger partial charge in [0.05, 0.1) is 24.0 Å². The number of nitrogens with zero attached hydrogens (tertiary/aromatic N) is 4. The lowest BCUT2D eigenvalue weighted by Crippen LogP contribution is -2.21. The Balaban J connectivity index is 1.51. The highest BCUT2D eigenvalue weighted by Crippen LogP contribution is 2.22. The smallest absolute Gasteiger partial charge is 0.247 e. The average molecular weight is 377 g/mol. The van der Waals surface area contributed by atoms with Crippen LogP contribution in [0.3, 0.4) is 0 Å². The van der Waals surface area contributed by atoms with Crippen molar-refractivity contribution in [3.05, 3.63) is 65.4 Å². The van der Waals surface area contributed by atoms with Gasteiger partial charge in [-0.15, -0.1) is 0 Å². The molecule has 0 saturated heterocycles. The predicted octanol–water partition coefficient (Wildman–Crippen LogP) is 3.07. The maximum atomic E-state index is 12.3. The molecule has 0 bridgehead atoms. The summed E-state index contributed by atoms with van der Waals surface area (Å²) in [6, 6.07) is 8.66. The molecule has 0 atom stereocenters. The normalized spacial score (nSPS) is 11.2. The molecule has 0 spiro atoms. The minimum Gasteiger partial charge on any atom is -0.464 e. The lowest BCUT2D eigenvalue weighted by Gasteiger charge is -2.11. The van der Waals surface area contributed by atoms with E-state index in [0.29, 0.717) is 16.8 Å². The van der Waals surface area contributed by atoms with E-state index >= 15 is 0 Å². The van der Waals surface area contributed by atoms with Crippen LogP contribution in [0, 0.1) is 0 Å². The number of benzene rings is 1. The fourth-order valence-electron chi connectivity index (χ4n) is 3.02. The van der Waals surface area contributed by atoms with Crippen LogP contribution in [-0.4, -0.2) is 25.5 Å². The molecule has 28 heavy (non-hydrogen) atoms. The average Bonchev–Trinajstić information content (AvgIpc) is 3.31. The third kappa shape index (κ3) is 3.44. The van der Waals surface area contributed by atoms with E-state index in [0.717, 1.165) is 11.1 Å². The Morgan fingerprint density at radius 2 is 2.04 bits per heavy atom. The molecule has 0 saturated carbocycles. The molecule has 0 unspecified atom stereocenters. The zero-order valence-corrected chi connectivity index (χ0v) is 15.5. The van der Waals surface area contributed by atoms with Crippen molar-refractivity contribution >= 4 is 22.7 Å². The second kappa shape index (κ2) is 7.15. The number of rotatable bonds is 5. The van der Waals surface area contributed by atoms with Crippen LogP contribution in [0.4, 0.5) is 5.82 Å². The topological polar surface area (TPSA) is 95.0 Å². The first kappa shape index (κ1) is 17.7. The first-order valence-corrected chi connectivity index (χ1v) is 8.89. The number of anilines is 1. The van der Waals surface area contributed by atoms with Crippen LogP contribution in [0.15, 0.2) is 64.4 Å². The molecule has 1 aromatic carbocycles. The predicted molar refractivity (Wildman–Crippen MR) is 105 cm³/mol. The van der Waals surface area contributed by atoms with E-state index in [1.54, 1.807) is 46.2 Å². The van der Waals surface area contributed by atoms with Crippen molar-refractivity contribution in [3.8, 4) is 11.1 Å². The Kier molecular flexibility index (Phi) is 4.52. The maximum Gasteiger partial charge on any atom is 0.247 e. The van der Waals surface area contributed by atoms with Crippen molar-refractivity contribution in [1.82, 2.24) is 19.6 Å². The van der Waals surface area contributed by atoms with Crippen LogP contribution >= 0.6 is 0 Å². The van der Waals surface area contributed by atoms with E-state index in [1.807, 2.05) is 19.9 Å². The van der Waals surface area contributed by atoms with Gasteiger partial charge in [-0.25, -0.2) is 4.68 Å². The highest BCUT2D eigenvalue weighted by Gasteiger charge is 2.11. The fraction of sp³-hybridized carbons (Fsp3) is 0.200. The summed E-state index contributed by atoms with van der Waals surface area (Å²) in [7, 11) is 0. The van der Waals surface area contributed by atoms with Gasteiger partial charge < -0.3 is 9.73 Å². The van der Waals surface area contributed by atoms with Crippen molar-refractivity contribution in [3.63, 3.8) is 0 Å². The lowest BCUT2D eigenvalue weighted by atomic mass is 10.1. The van der Waals surface area contributed by atoms with Gasteiger partial charge in [0.25, 0.3) is 0 Å². The zero-order valence-electron chi connectivity index (χ0n) is 15.5. The summed E-state index contributed by atoms with van der Waals surface area (Å²) in [5, 5.41) is 11.8. The van der Waals surface area contributed by atoms with Crippen LogP contribution in [0.2, 0.25) is 0 Å². The summed E-state index contributed by atoms with van der Waals surface area (Å²) >= 11 is 0. The summed E-state index contributed by atoms with van der Waals surface area (Å²) in [6.07, 6.45) is 6.49. The zero-order chi connectivity index (χ0) is 19.7. The largest absolute Gasteiger partial charge is 0.464 e. The van der Waals surface area contributed by atoms with Crippen LogP contribution in [0.25, 0.3) is 22.1 Å². The number of carbonyl (C=O) groups excluding carboxylic acids is 1. The first-order chi connectivity index (χ1) is 13.5. The number of aromatic nitrogens is 4. The van der Waals surface area contributed by atoms with E-state index in [2.05, 4.69) is 15.5 Å². The molecule has 4 rings (SSSR count). The summed E-state index contributed by atoms with van der Waals surface area (Å²) in [6.45, 7) is 4.06. The molecule has 142 valence electrons. The van der Waals surface area contributed by atoms with Gasteiger partial charge in [-0.3, -0.25) is 14.3 Å². The Bertz CT molecular complexity index is 1200. The summed E-state index contributed by atoms with van der Waals surface area (Å²) in [5.74, 6) is 0.457. The van der Waals surface area contributed by atoms with E-state index in [1.165, 1.54) is 12.3 Å². The summed E-state index contributed by atoms with van der Waals surface area (Å²) in [4.78, 5) is 24.2. The SMILES string of the molecule is CC(C)n1nccc1NC(=O)Cn1cc(-c2ccc3c(=O)ccoc3c2)cn1. The quantitative estimate of drug-likeness (QED) is 0.577. The molecule has 0 aliphatic rings. The minimum atomic E-state index is -0.193. The molecule has 1 amide bonds. The van der Waals surface area contributed by atoms with Gasteiger partial charge in [0.15, 0.2) is 5.43 Å². The second-order valence-corrected chi connectivity index (χ2v) is 6.73. The Morgan fingerprint density at radius 1 is 1.18 bits per heavy atom. The standard InChI is InChI=1S/C20H19N5O3/c1-13(2)25-19(5-7-21-25)23-20(27)12-24-11-15(10-22-24)14-3-4-16-17(26)6-8-28-18(16)9-14/h3-11,13H,12H2,1-2H3,(H,23,27). The van der Waals surface area contributed by atoms with E-state index < -0.39 is 0 Å². The monoisotopic (exact) mass is 377 g/mol. The number of amides is 1. The van der Waals surface area contributed by atoms with Gasteiger partial charge in [0, 0.05) is 29.9 Å².